The molecule has 0 atom stereocenters. The van der Waals surface area contributed by atoms with Gasteiger partial charge in [0.15, 0.2) is 0 Å². The summed E-state index contributed by atoms with van der Waals surface area (Å²) in [6, 6.07) is 24.7. The van der Waals surface area contributed by atoms with E-state index in [1.165, 1.54) is 21.2 Å². The molecule has 1 aromatic heterocycles. The van der Waals surface area contributed by atoms with Crippen molar-refractivity contribution in [2.24, 2.45) is 0 Å². The maximum absolute atomic E-state index is 14.0. The summed E-state index contributed by atoms with van der Waals surface area (Å²) in [6.07, 6.45) is 0. The van der Waals surface area contributed by atoms with Crippen molar-refractivity contribution in [3.05, 3.63) is 83.9 Å². The molecule has 0 saturated carbocycles. The van der Waals surface area contributed by atoms with Crippen LogP contribution in [0.3, 0.4) is 0 Å². The summed E-state index contributed by atoms with van der Waals surface area (Å²) in [5, 5.41) is 4.07. The minimum Gasteiger partial charge on any atom is -0.335 e. The lowest BCUT2D eigenvalue weighted by Crippen LogP contribution is -2.51. The molecule has 5 aromatic rings. The number of rotatable bonds is 1. The van der Waals surface area contributed by atoms with E-state index in [1.807, 2.05) is 51.1 Å². The number of imide groups is 1. The monoisotopic (exact) mass is 474 g/mol. The first-order valence-electron chi connectivity index (χ1n) is 12.5. The van der Waals surface area contributed by atoms with Gasteiger partial charge in [-0.3, -0.25) is 14.5 Å². The van der Waals surface area contributed by atoms with Crippen molar-refractivity contribution in [3.63, 3.8) is 0 Å². The lowest BCUT2D eigenvalue weighted by molar-refractivity contribution is 0.0461. The lowest BCUT2D eigenvalue weighted by Gasteiger charge is -2.37. The van der Waals surface area contributed by atoms with Gasteiger partial charge in [0, 0.05) is 38.3 Å². The Morgan fingerprint density at radius 2 is 1.33 bits per heavy atom. The molecule has 4 nitrogen and oxygen atoms in total. The Balaban J connectivity index is 1.69. The number of hydrogen-bond donors (Lipinski definition) is 0. The Hall–Kier alpha value is -3.92. The van der Waals surface area contributed by atoms with Gasteiger partial charge in [-0.1, -0.05) is 54.6 Å². The highest BCUT2D eigenvalue weighted by Gasteiger charge is 2.40. The molecule has 4 aromatic carbocycles. The minimum atomic E-state index is -0.635. The van der Waals surface area contributed by atoms with Gasteiger partial charge in [-0.2, -0.15) is 0 Å². The molecule has 0 unspecified atom stereocenters. The van der Waals surface area contributed by atoms with E-state index in [0.717, 1.165) is 27.4 Å². The lowest BCUT2D eigenvalue weighted by atomic mass is 9.86. The van der Waals surface area contributed by atoms with Gasteiger partial charge in [-0.25, -0.2) is 0 Å². The largest absolute Gasteiger partial charge is 0.335 e. The topological polar surface area (TPSA) is 42.3 Å². The number of nitrogens with zero attached hydrogens (tertiary/aromatic N) is 2. The first kappa shape index (κ1) is 22.5. The fourth-order valence-corrected chi connectivity index (χ4v) is 5.81. The summed E-state index contributed by atoms with van der Waals surface area (Å²) >= 11 is 0. The van der Waals surface area contributed by atoms with Crippen molar-refractivity contribution in [1.82, 2.24) is 9.47 Å². The Labute approximate surface area is 211 Å². The van der Waals surface area contributed by atoms with E-state index in [0.29, 0.717) is 11.1 Å². The van der Waals surface area contributed by atoms with Gasteiger partial charge in [0.1, 0.15) is 0 Å². The highest BCUT2D eigenvalue weighted by atomic mass is 16.2. The summed E-state index contributed by atoms with van der Waals surface area (Å²) in [7, 11) is 0. The van der Waals surface area contributed by atoms with Crippen LogP contribution in [0.15, 0.2) is 72.8 Å². The van der Waals surface area contributed by atoms with Gasteiger partial charge in [0.25, 0.3) is 11.8 Å². The maximum Gasteiger partial charge on any atom is 0.262 e. The highest BCUT2D eigenvalue weighted by Crippen LogP contribution is 2.41. The quantitative estimate of drug-likeness (QED) is 0.233. The van der Waals surface area contributed by atoms with E-state index in [9.17, 15) is 9.59 Å². The molecule has 0 spiro atoms. The molecule has 1 aliphatic heterocycles. The fourth-order valence-electron chi connectivity index (χ4n) is 5.81. The highest BCUT2D eigenvalue weighted by molar-refractivity contribution is 6.28. The summed E-state index contributed by atoms with van der Waals surface area (Å²) in [6.45, 7) is 12.4. The van der Waals surface area contributed by atoms with Crippen molar-refractivity contribution < 1.29 is 9.59 Å². The molecule has 36 heavy (non-hydrogen) atoms. The molecule has 1 aliphatic rings. The Kier molecular flexibility index (Phi) is 4.57. The van der Waals surface area contributed by atoms with E-state index in [-0.39, 0.29) is 17.4 Å². The Bertz CT molecular complexity index is 1740. The average Bonchev–Trinajstić information content (AvgIpc) is 3.15. The second-order valence-electron chi connectivity index (χ2n) is 11.8. The number of benzene rings is 4. The van der Waals surface area contributed by atoms with Crippen LogP contribution in [0.1, 0.15) is 62.3 Å². The third-order valence-corrected chi connectivity index (χ3v) is 7.22. The van der Waals surface area contributed by atoms with Crippen molar-refractivity contribution in [2.75, 3.05) is 0 Å². The van der Waals surface area contributed by atoms with Crippen LogP contribution in [-0.4, -0.2) is 26.8 Å². The normalized spacial score (nSPS) is 14.4. The van der Waals surface area contributed by atoms with Crippen LogP contribution in [0.5, 0.6) is 0 Å². The standard InChI is InChI=1S/C32H30N2O2/c1-31(2,3)33-25-13-8-7-11-22(25)23-17-15-20(18-26(23)33)21-16-14-19-10-9-12-24-27(19)28(21)30(36)34(29(24)35)32(4,5)6/h7-18H,1-6H3. The van der Waals surface area contributed by atoms with Gasteiger partial charge in [0.2, 0.25) is 0 Å². The first-order valence-corrected chi connectivity index (χ1v) is 12.5. The number of carbonyl (C=O) groups is 2. The van der Waals surface area contributed by atoms with Gasteiger partial charge < -0.3 is 4.57 Å². The first-order chi connectivity index (χ1) is 17.0. The van der Waals surface area contributed by atoms with Crippen molar-refractivity contribution >= 4 is 44.4 Å². The zero-order valence-corrected chi connectivity index (χ0v) is 21.6. The van der Waals surface area contributed by atoms with E-state index in [1.54, 1.807) is 0 Å². The molecular weight excluding hydrogens is 444 g/mol. The maximum atomic E-state index is 14.0. The SMILES string of the molecule is CC(C)(C)N1C(=O)c2cccc3ccc(-c4ccc5c6ccccc6n(C(C)(C)C)c5c4)c(c23)C1=O. The number of fused-ring (bicyclic) bond motifs is 3. The van der Waals surface area contributed by atoms with Gasteiger partial charge >= 0.3 is 0 Å². The second-order valence-corrected chi connectivity index (χ2v) is 11.8. The predicted molar refractivity (Wildman–Crippen MR) is 148 cm³/mol. The molecule has 4 heteroatoms. The number of amides is 2. The smallest absolute Gasteiger partial charge is 0.262 e. The molecule has 0 radical (unpaired) electrons. The zero-order valence-electron chi connectivity index (χ0n) is 21.6. The van der Waals surface area contributed by atoms with Crippen LogP contribution in [0.2, 0.25) is 0 Å². The van der Waals surface area contributed by atoms with Crippen LogP contribution in [0.25, 0.3) is 43.7 Å². The van der Waals surface area contributed by atoms with Crippen LogP contribution in [0.4, 0.5) is 0 Å². The molecule has 0 N–H and O–H groups in total. The molecule has 0 bridgehead atoms. The average molecular weight is 475 g/mol. The number of carbonyl (C=O) groups excluding carboxylic acids is 2. The molecule has 2 amide bonds. The fraction of sp³-hybridized carbons (Fsp3) is 0.250. The summed E-state index contributed by atoms with van der Waals surface area (Å²) in [5.74, 6) is -0.464. The second kappa shape index (κ2) is 7.30. The van der Waals surface area contributed by atoms with Crippen LogP contribution in [-0.2, 0) is 5.54 Å². The summed E-state index contributed by atoms with van der Waals surface area (Å²) in [4.78, 5) is 28.8. The van der Waals surface area contributed by atoms with E-state index in [2.05, 4.69) is 67.8 Å². The number of para-hydroxylation sites is 1. The van der Waals surface area contributed by atoms with Crippen molar-refractivity contribution in [1.29, 1.82) is 0 Å². The number of aromatic nitrogens is 1. The molecule has 180 valence electrons. The predicted octanol–water partition coefficient (Wildman–Crippen LogP) is 7.76. The summed E-state index contributed by atoms with van der Waals surface area (Å²) < 4.78 is 2.38. The Morgan fingerprint density at radius 3 is 2.06 bits per heavy atom. The number of hydrogen-bond acceptors (Lipinski definition) is 2. The zero-order chi connectivity index (χ0) is 25.6. The third kappa shape index (κ3) is 3.07. The van der Waals surface area contributed by atoms with Crippen LogP contribution < -0.4 is 0 Å². The van der Waals surface area contributed by atoms with E-state index >= 15 is 0 Å². The summed E-state index contributed by atoms with van der Waals surface area (Å²) in [5.41, 5.74) is 4.58. The van der Waals surface area contributed by atoms with Crippen molar-refractivity contribution in [3.8, 4) is 11.1 Å². The molecular formula is C32H30N2O2. The minimum absolute atomic E-state index is 0.129. The van der Waals surface area contributed by atoms with Crippen LogP contribution in [0, 0.1) is 0 Å². The van der Waals surface area contributed by atoms with Crippen LogP contribution >= 0.6 is 0 Å². The van der Waals surface area contributed by atoms with Gasteiger partial charge in [0.05, 0.1) is 11.1 Å². The van der Waals surface area contributed by atoms with E-state index in [4.69, 9.17) is 0 Å². The molecule has 0 aliphatic carbocycles. The van der Waals surface area contributed by atoms with Gasteiger partial charge in [-0.05, 0) is 76.3 Å². The van der Waals surface area contributed by atoms with Gasteiger partial charge in [-0.15, -0.1) is 0 Å². The molecule has 0 fully saturated rings. The van der Waals surface area contributed by atoms with Crippen molar-refractivity contribution in [2.45, 2.75) is 52.6 Å². The van der Waals surface area contributed by atoms with E-state index < -0.39 is 5.54 Å². The Morgan fingerprint density at radius 1 is 0.611 bits per heavy atom. The molecule has 2 heterocycles. The molecule has 0 saturated heterocycles. The molecule has 6 rings (SSSR count). The third-order valence-electron chi connectivity index (χ3n) is 7.22.